The molecule has 0 radical (unpaired) electrons. The molecule has 23 heavy (non-hydrogen) atoms. The Labute approximate surface area is 131 Å². The standard InChI is InChI=1S/C15H19F4NO3/c1-22-12-5-11(8-21)20(7-12)6-10-2-3-14(13(16)4-10)23-9-15(17,18)19/h2-4,11-12,21H,5-9H2,1H3/t11-,12-/m0/s1. The molecule has 0 amide bonds. The fourth-order valence-electron chi connectivity index (χ4n) is 2.65. The Morgan fingerprint density at radius 1 is 1.35 bits per heavy atom. The second kappa shape index (κ2) is 7.46. The number of aliphatic hydroxyl groups excluding tert-OH is 1. The number of methoxy groups -OCH3 is 1. The van der Waals surface area contributed by atoms with Crippen LogP contribution in [0.15, 0.2) is 18.2 Å². The first-order chi connectivity index (χ1) is 10.8. The van der Waals surface area contributed by atoms with Crippen molar-refractivity contribution >= 4 is 0 Å². The van der Waals surface area contributed by atoms with E-state index < -0.39 is 24.3 Å². The number of rotatable bonds is 6. The minimum atomic E-state index is -4.51. The van der Waals surface area contributed by atoms with Gasteiger partial charge >= 0.3 is 6.18 Å². The van der Waals surface area contributed by atoms with Gasteiger partial charge in [0.15, 0.2) is 18.2 Å². The minimum absolute atomic E-state index is 0.00592. The fourth-order valence-corrected chi connectivity index (χ4v) is 2.65. The van der Waals surface area contributed by atoms with Crippen LogP contribution in [0.1, 0.15) is 12.0 Å². The first-order valence-electron chi connectivity index (χ1n) is 7.18. The van der Waals surface area contributed by atoms with Gasteiger partial charge in [-0.05, 0) is 24.1 Å². The number of aliphatic hydroxyl groups is 1. The fraction of sp³-hybridized carbons (Fsp3) is 0.600. The summed E-state index contributed by atoms with van der Waals surface area (Å²) < 4.78 is 59.8. The van der Waals surface area contributed by atoms with Crippen LogP contribution in [-0.4, -0.2) is 55.2 Å². The zero-order valence-corrected chi connectivity index (χ0v) is 12.6. The Balaban J connectivity index is 2.00. The SMILES string of the molecule is CO[C@H]1C[C@@H](CO)N(Cc2ccc(OCC(F)(F)F)c(F)c2)C1. The molecule has 1 heterocycles. The summed E-state index contributed by atoms with van der Waals surface area (Å²) >= 11 is 0. The highest BCUT2D eigenvalue weighted by molar-refractivity contribution is 5.29. The highest BCUT2D eigenvalue weighted by Gasteiger charge is 2.32. The van der Waals surface area contributed by atoms with Gasteiger partial charge in [0.05, 0.1) is 12.7 Å². The second-order valence-corrected chi connectivity index (χ2v) is 5.53. The van der Waals surface area contributed by atoms with Gasteiger partial charge < -0.3 is 14.6 Å². The number of benzene rings is 1. The van der Waals surface area contributed by atoms with E-state index in [2.05, 4.69) is 4.74 Å². The van der Waals surface area contributed by atoms with E-state index in [1.165, 1.54) is 12.1 Å². The number of nitrogens with zero attached hydrogens (tertiary/aromatic N) is 1. The monoisotopic (exact) mass is 337 g/mol. The third-order valence-electron chi connectivity index (χ3n) is 3.81. The van der Waals surface area contributed by atoms with Gasteiger partial charge in [-0.15, -0.1) is 0 Å². The maximum atomic E-state index is 13.8. The number of hydrogen-bond acceptors (Lipinski definition) is 4. The van der Waals surface area contributed by atoms with Crippen molar-refractivity contribution in [3.8, 4) is 5.75 Å². The van der Waals surface area contributed by atoms with Crippen LogP contribution in [0, 0.1) is 5.82 Å². The molecule has 2 atom stereocenters. The Bertz CT molecular complexity index is 524. The number of hydrogen-bond donors (Lipinski definition) is 1. The van der Waals surface area contributed by atoms with Crippen LogP contribution in [0.5, 0.6) is 5.75 Å². The molecule has 1 aliphatic rings. The van der Waals surface area contributed by atoms with E-state index in [-0.39, 0.29) is 18.8 Å². The smallest absolute Gasteiger partial charge is 0.422 e. The summed E-state index contributed by atoms with van der Waals surface area (Å²) in [7, 11) is 1.59. The van der Waals surface area contributed by atoms with Gasteiger partial charge in [-0.3, -0.25) is 4.90 Å². The van der Waals surface area contributed by atoms with E-state index in [0.29, 0.717) is 25.1 Å². The van der Waals surface area contributed by atoms with E-state index in [9.17, 15) is 22.7 Å². The summed E-state index contributed by atoms with van der Waals surface area (Å²) in [6, 6.07) is 3.78. The lowest BCUT2D eigenvalue weighted by atomic mass is 10.1. The van der Waals surface area contributed by atoms with Crippen LogP contribution in [0.25, 0.3) is 0 Å². The highest BCUT2D eigenvalue weighted by Crippen LogP contribution is 2.25. The summed E-state index contributed by atoms with van der Waals surface area (Å²) in [5.41, 5.74) is 0.595. The molecule has 0 saturated carbocycles. The van der Waals surface area contributed by atoms with Crippen LogP contribution >= 0.6 is 0 Å². The Morgan fingerprint density at radius 3 is 2.65 bits per heavy atom. The third-order valence-corrected chi connectivity index (χ3v) is 3.81. The quantitative estimate of drug-likeness (QED) is 0.809. The van der Waals surface area contributed by atoms with Gasteiger partial charge in [0.25, 0.3) is 0 Å². The van der Waals surface area contributed by atoms with Crippen LogP contribution in [0.4, 0.5) is 17.6 Å². The van der Waals surface area contributed by atoms with Gasteiger partial charge in [-0.25, -0.2) is 4.39 Å². The van der Waals surface area contributed by atoms with Gasteiger partial charge in [0.1, 0.15) is 0 Å². The molecule has 1 aromatic rings. The van der Waals surface area contributed by atoms with Crippen LogP contribution in [0.3, 0.4) is 0 Å². The van der Waals surface area contributed by atoms with Crippen LogP contribution in [0.2, 0.25) is 0 Å². The van der Waals surface area contributed by atoms with E-state index in [1.54, 1.807) is 7.11 Å². The van der Waals surface area contributed by atoms with Crippen LogP contribution in [-0.2, 0) is 11.3 Å². The summed E-state index contributed by atoms with van der Waals surface area (Å²) in [5, 5.41) is 9.37. The summed E-state index contributed by atoms with van der Waals surface area (Å²) in [6.07, 6.45) is -3.82. The van der Waals surface area contributed by atoms with Crippen molar-refractivity contribution in [3.05, 3.63) is 29.6 Å². The van der Waals surface area contributed by atoms with Gasteiger partial charge in [0, 0.05) is 26.2 Å². The lowest BCUT2D eigenvalue weighted by molar-refractivity contribution is -0.153. The summed E-state index contributed by atoms with van der Waals surface area (Å²) in [5.74, 6) is -1.27. The number of alkyl halides is 3. The number of halogens is 4. The maximum absolute atomic E-state index is 13.8. The molecule has 0 spiro atoms. The molecule has 0 aliphatic carbocycles. The predicted molar refractivity (Wildman–Crippen MR) is 74.6 cm³/mol. The molecule has 1 saturated heterocycles. The largest absolute Gasteiger partial charge is 0.481 e. The zero-order valence-electron chi connectivity index (χ0n) is 12.6. The van der Waals surface area contributed by atoms with Gasteiger partial charge in [-0.1, -0.05) is 6.07 Å². The van der Waals surface area contributed by atoms with Crippen molar-refractivity contribution in [1.29, 1.82) is 0 Å². The van der Waals surface area contributed by atoms with Crippen molar-refractivity contribution in [1.82, 2.24) is 4.90 Å². The molecule has 130 valence electrons. The van der Waals surface area contributed by atoms with Crippen molar-refractivity contribution in [3.63, 3.8) is 0 Å². The van der Waals surface area contributed by atoms with Gasteiger partial charge in [-0.2, -0.15) is 13.2 Å². The first kappa shape index (κ1) is 18.0. The number of ether oxygens (including phenoxy) is 2. The summed E-state index contributed by atoms with van der Waals surface area (Å²) in [4.78, 5) is 1.96. The Hall–Kier alpha value is -1.38. The highest BCUT2D eigenvalue weighted by atomic mass is 19.4. The Kier molecular flexibility index (Phi) is 5.83. The average Bonchev–Trinajstić information content (AvgIpc) is 2.87. The molecule has 8 heteroatoms. The van der Waals surface area contributed by atoms with E-state index in [4.69, 9.17) is 4.74 Å². The average molecular weight is 337 g/mol. The third kappa shape index (κ3) is 5.05. The topological polar surface area (TPSA) is 41.9 Å². The maximum Gasteiger partial charge on any atom is 0.422 e. The van der Waals surface area contributed by atoms with Crippen molar-refractivity contribution in [2.75, 3.05) is 26.9 Å². The van der Waals surface area contributed by atoms with Crippen molar-refractivity contribution < 1.29 is 32.1 Å². The van der Waals surface area contributed by atoms with E-state index in [0.717, 1.165) is 6.07 Å². The first-order valence-corrected chi connectivity index (χ1v) is 7.18. The molecule has 0 bridgehead atoms. The predicted octanol–water partition coefficient (Wildman–Crippen LogP) is 2.35. The van der Waals surface area contributed by atoms with Crippen molar-refractivity contribution in [2.24, 2.45) is 0 Å². The molecule has 1 N–H and O–H groups in total. The lowest BCUT2D eigenvalue weighted by Gasteiger charge is -2.22. The molecule has 2 rings (SSSR count). The van der Waals surface area contributed by atoms with Crippen molar-refractivity contribution in [2.45, 2.75) is 31.3 Å². The number of likely N-dealkylation sites (tertiary alicyclic amines) is 1. The molecule has 1 aliphatic heterocycles. The van der Waals surface area contributed by atoms with E-state index >= 15 is 0 Å². The Morgan fingerprint density at radius 2 is 2.09 bits per heavy atom. The zero-order chi connectivity index (χ0) is 17.0. The lowest BCUT2D eigenvalue weighted by Crippen LogP contribution is -2.32. The molecule has 0 unspecified atom stereocenters. The molecular formula is C15H19F4NO3. The van der Waals surface area contributed by atoms with E-state index in [1.807, 2.05) is 4.90 Å². The van der Waals surface area contributed by atoms with Crippen LogP contribution < -0.4 is 4.74 Å². The minimum Gasteiger partial charge on any atom is -0.481 e. The molecular weight excluding hydrogens is 318 g/mol. The van der Waals surface area contributed by atoms with Gasteiger partial charge in [0.2, 0.25) is 0 Å². The normalized spacial score (nSPS) is 22.5. The second-order valence-electron chi connectivity index (χ2n) is 5.53. The molecule has 0 aromatic heterocycles. The molecule has 1 aromatic carbocycles. The molecule has 1 fully saturated rings. The summed E-state index contributed by atoms with van der Waals surface area (Å²) in [6.45, 7) is -0.580. The molecule has 4 nitrogen and oxygen atoms in total.